The second-order valence-electron chi connectivity index (χ2n) is 5.43. The Hall–Kier alpha value is -1.59. The van der Waals surface area contributed by atoms with Crippen LogP contribution in [0.4, 0.5) is 0 Å². The maximum atomic E-state index is 11.2. The first-order valence-corrected chi connectivity index (χ1v) is 7.24. The predicted octanol–water partition coefficient (Wildman–Crippen LogP) is 1.53. The number of carbonyl (C=O) groups excluding carboxylic acids is 1. The van der Waals surface area contributed by atoms with Crippen molar-refractivity contribution in [3.8, 4) is 5.75 Å². The summed E-state index contributed by atoms with van der Waals surface area (Å²) < 4.78 is 5.66. The minimum atomic E-state index is -0.0438. The minimum Gasteiger partial charge on any atom is -0.491 e. The van der Waals surface area contributed by atoms with Gasteiger partial charge in [0.25, 0.3) is 0 Å². The van der Waals surface area contributed by atoms with Gasteiger partial charge in [-0.2, -0.15) is 0 Å². The topological polar surface area (TPSA) is 61.8 Å². The summed E-state index contributed by atoms with van der Waals surface area (Å²) in [4.78, 5) is 13.3. The Morgan fingerprint density at radius 3 is 2.71 bits per heavy atom. The Morgan fingerprint density at radius 1 is 1.43 bits per heavy atom. The van der Waals surface area contributed by atoms with E-state index >= 15 is 0 Å². The third-order valence-corrected chi connectivity index (χ3v) is 3.11. The van der Waals surface area contributed by atoms with Gasteiger partial charge in [0.05, 0.1) is 12.7 Å². The summed E-state index contributed by atoms with van der Waals surface area (Å²) in [6.45, 7) is 5.30. The first-order chi connectivity index (χ1) is 9.96. The second kappa shape index (κ2) is 8.64. The highest BCUT2D eigenvalue weighted by Gasteiger charge is 2.08. The lowest BCUT2D eigenvalue weighted by atomic mass is 10.1. The normalized spacial score (nSPS) is 11.0. The van der Waals surface area contributed by atoms with Crippen molar-refractivity contribution < 1.29 is 14.6 Å². The van der Waals surface area contributed by atoms with E-state index in [0.29, 0.717) is 13.0 Å². The molecule has 0 unspecified atom stereocenters. The molecule has 0 aliphatic carbocycles. The van der Waals surface area contributed by atoms with Gasteiger partial charge in [-0.1, -0.05) is 6.07 Å². The summed E-state index contributed by atoms with van der Waals surface area (Å²) in [6.07, 6.45) is 0.561. The number of nitrogens with zero attached hydrogens (tertiary/aromatic N) is 1. The molecule has 0 saturated heterocycles. The van der Waals surface area contributed by atoms with Crippen LogP contribution in [-0.4, -0.2) is 42.7 Å². The third kappa shape index (κ3) is 6.14. The van der Waals surface area contributed by atoms with Gasteiger partial charge in [0.1, 0.15) is 5.75 Å². The third-order valence-electron chi connectivity index (χ3n) is 3.11. The van der Waals surface area contributed by atoms with Crippen LogP contribution in [-0.2, 0) is 17.9 Å². The molecule has 0 aliphatic rings. The Morgan fingerprint density at radius 2 is 2.14 bits per heavy atom. The second-order valence-corrected chi connectivity index (χ2v) is 5.43. The van der Waals surface area contributed by atoms with Crippen molar-refractivity contribution >= 4 is 5.91 Å². The molecule has 1 amide bonds. The Bertz CT molecular complexity index is 461. The number of rotatable bonds is 8. The highest BCUT2D eigenvalue weighted by molar-refractivity contribution is 5.75. The molecule has 2 N–H and O–H groups in total. The number of aliphatic hydroxyl groups excluding tert-OH is 1. The molecule has 0 heterocycles. The lowest BCUT2D eigenvalue weighted by Crippen LogP contribution is -2.26. The maximum absolute atomic E-state index is 11.2. The molecular weight excluding hydrogens is 268 g/mol. The fraction of sp³-hybridized carbons (Fsp3) is 0.562. The van der Waals surface area contributed by atoms with E-state index in [4.69, 9.17) is 4.74 Å². The standard InChI is InChI=1S/C16H26N2O3/c1-12(2)21-15-6-5-13(9-14(15)11-19)10-18(4)8-7-16(20)17-3/h5-6,9,12,19H,7-8,10-11H2,1-4H3,(H,17,20). The van der Waals surface area contributed by atoms with Crippen molar-refractivity contribution in [3.05, 3.63) is 29.3 Å². The average Bonchev–Trinajstić information content (AvgIpc) is 2.45. The molecule has 1 aromatic rings. The van der Waals surface area contributed by atoms with Crippen molar-refractivity contribution in [2.75, 3.05) is 20.6 Å². The summed E-state index contributed by atoms with van der Waals surface area (Å²) >= 11 is 0. The van der Waals surface area contributed by atoms with Gasteiger partial charge >= 0.3 is 0 Å². The van der Waals surface area contributed by atoms with Gasteiger partial charge in [0.15, 0.2) is 0 Å². The molecular formula is C16H26N2O3. The number of nitrogens with one attached hydrogen (secondary N) is 1. The van der Waals surface area contributed by atoms with Gasteiger partial charge in [-0.05, 0) is 38.6 Å². The molecule has 0 aromatic heterocycles. The number of hydrogen-bond donors (Lipinski definition) is 2. The first kappa shape index (κ1) is 17.5. The quantitative estimate of drug-likeness (QED) is 0.763. The van der Waals surface area contributed by atoms with E-state index in [2.05, 4.69) is 10.2 Å². The molecule has 0 bridgehead atoms. The van der Waals surface area contributed by atoms with Crippen LogP contribution >= 0.6 is 0 Å². The summed E-state index contributed by atoms with van der Waals surface area (Å²) in [5.74, 6) is 0.767. The van der Waals surface area contributed by atoms with Crippen LogP contribution < -0.4 is 10.1 Å². The van der Waals surface area contributed by atoms with Gasteiger partial charge in [0, 0.05) is 32.1 Å². The van der Waals surface area contributed by atoms with E-state index in [0.717, 1.165) is 23.4 Å². The van der Waals surface area contributed by atoms with Crippen LogP contribution in [0.5, 0.6) is 5.75 Å². The molecule has 21 heavy (non-hydrogen) atoms. The Balaban J connectivity index is 2.65. The summed E-state index contributed by atoms with van der Waals surface area (Å²) in [6, 6.07) is 5.84. The average molecular weight is 294 g/mol. The number of ether oxygens (including phenoxy) is 1. The van der Waals surface area contributed by atoms with E-state index in [9.17, 15) is 9.90 Å². The van der Waals surface area contributed by atoms with E-state index in [-0.39, 0.29) is 18.6 Å². The fourth-order valence-electron chi connectivity index (χ4n) is 2.03. The fourth-order valence-corrected chi connectivity index (χ4v) is 2.03. The van der Waals surface area contributed by atoms with Crippen LogP contribution in [0, 0.1) is 0 Å². The van der Waals surface area contributed by atoms with Crippen LogP contribution in [0.1, 0.15) is 31.4 Å². The molecule has 1 aromatic carbocycles. The van der Waals surface area contributed by atoms with E-state index in [1.165, 1.54) is 0 Å². The molecule has 0 fully saturated rings. The van der Waals surface area contributed by atoms with E-state index in [1.807, 2.05) is 39.1 Å². The molecule has 5 heteroatoms. The van der Waals surface area contributed by atoms with Crippen molar-refractivity contribution in [1.82, 2.24) is 10.2 Å². The van der Waals surface area contributed by atoms with E-state index < -0.39 is 0 Å². The summed E-state index contributed by atoms with van der Waals surface area (Å²) in [5, 5.41) is 12.1. The number of benzene rings is 1. The summed E-state index contributed by atoms with van der Waals surface area (Å²) in [5.41, 5.74) is 1.88. The zero-order valence-corrected chi connectivity index (χ0v) is 13.3. The molecule has 0 aliphatic heterocycles. The van der Waals surface area contributed by atoms with Crippen LogP contribution in [0.2, 0.25) is 0 Å². The maximum Gasteiger partial charge on any atom is 0.221 e. The van der Waals surface area contributed by atoms with Crippen molar-refractivity contribution in [2.24, 2.45) is 0 Å². The number of amides is 1. The largest absolute Gasteiger partial charge is 0.491 e. The van der Waals surface area contributed by atoms with Crippen molar-refractivity contribution in [2.45, 2.75) is 39.5 Å². The van der Waals surface area contributed by atoms with Crippen LogP contribution in [0.25, 0.3) is 0 Å². The molecule has 5 nitrogen and oxygen atoms in total. The molecule has 0 spiro atoms. The van der Waals surface area contributed by atoms with Crippen molar-refractivity contribution in [3.63, 3.8) is 0 Å². The van der Waals surface area contributed by atoms with Gasteiger partial charge in [0.2, 0.25) is 5.91 Å². The van der Waals surface area contributed by atoms with E-state index in [1.54, 1.807) is 7.05 Å². The van der Waals surface area contributed by atoms with Gasteiger partial charge in [-0.25, -0.2) is 0 Å². The van der Waals surface area contributed by atoms with Gasteiger partial charge < -0.3 is 20.1 Å². The number of hydrogen-bond acceptors (Lipinski definition) is 4. The highest BCUT2D eigenvalue weighted by atomic mass is 16.5. The SMILES string of the molecule is CNC(=O)CCN(C)Cc1ccc(OC(C)C)c(CO)c1. The van der Waals surface area contributed by atoms with Crippen molar-refractivity contribution in [1.29, 1.82) is 0 Å². The lowest BCUT2D eigenvalue weighted by Gasteiger charge is -2.18. The van der Waals surface area contributed by atoms with Crippen LogP contribution in [0.15, 0.2) is 18.2 Å². The number of carbonyl (C=O) groups is 1. The molecule has 118 valence electrons. The Kier molecular flexibility index (Phi) is 7.19. The Labute approximate surface area is 126 Å². The zero-order valence-electron chi connectivity index (χ0n) is 13.3. The molecule has 0 atom stereocenters. The lowest BCUT2D eigenvalue weighted by molar-refractivity contribution is -0.120. The van der Waals surface area contributed by atoms with Gasteiger partial charge in [-0.15, -0.1) is 0 Å². The van der Waals surface area contributed by atoms with Crippen LogP contribution in [0.3, 0.4) is 0 Å². The molecule has 0 saturated carbocycles. The smallest absolute Gasteiger partial charge is 0.221 e. The number of aliphatic hydroxyl groups is 1. The summed E-state index contributed by atoms with van der Waals surface area (Å²) in [7, 11) is 3.61. The zero-order chi connectivity index (χ0) is 15.8. The first-order valence-electron chi connectivity index (χ1n) is 7.24. The molecule has 1 rings (SSSR count). The highest BCUT2D eigenvalue weighted by Crippen LogP contribution is 2.22. The monoisotopic (exact) mass is 294 g/mol. The molecule has 0 radical (unpaired) electrons. The van der Waals surface area contributed by atoms with Gasteiger partial charge in [-0.3, -0.25) is 4.79 Å². The predicted molar refractivity (Wildman–Crippen MR) is 83.1 cm³/mol. The minimum absolute atomic E-state index is 0.0404.